The molecule has 1 aliphatic heterocycles. The first kappa shape index (κ1) is 15.4. The lowest BCUT2D eigenvalue weighted by Gasteiger charge is -2.21. The molecule has 0 spiro atoms. The van der Waals surface area contributed by atoms with Crippen molar-refractivity contribution in [1.29, 1.82) is 5.26 Å². The fourth-order valence-electron chi connectivity index (χ4n) is 2.57. The minimum Gasteiger partial charge on any atom is -0.308 e. The number of imide groups is 1. The van der Waals surface area contributed by atoms with Crippen LogP contribution < -0.4 is 5.32 Å². The number of aromatic nitrogens is 2. The van der Waals surface area contributed by atoms with Crippen LogP contribution in [0.2, 0.25) is 0 Å². The molecule has 0 aliphatic carbocycles. The van der Waals surface area contributed by atoms with Crippen molar-refractivity contribution in [3.8, 4) is 6.07 Å². The minimum atomic E-state index is -1.03. The van der Waals surface area contributed by atoms with Crippen molar-refractivity contribution in [3.05, 3.63) is 47.2 Å². The number of nitriles is 1. The van der Waals surface area contributed by atoms with E-state index >= 15 is 0 Å². The summed E-state index contributed by atoms with van der Waals surface area (Å²) in [6, 6.07) is 7.31. The number of anilines is 1. The molecule has 0 radical (unpaired) electrons. The molecule has 1 atom stereocenters. The molecule has 8 nitrogen and oxygen atoms in total. The molecule has 3 amide bonds. The van der Waals surface area contributed by atoms with Gasteiger partial charge in [-0.25, -0.2) is 0 Å². The number of carbonyl (C=O) groups excluding carboxylic acids is 3. The average Bonchev–Trinajstić information content (AvgIpc) is 3.06. The Morgan fingerprint density at radius 1 is 1.25 bits per heavy atom. The van der Waals surface area contributed by atoms with Crippen molar-refractivity contribution in [2.45, 2.75) is 13.0 Å². The zero-order valence-electron chi connectivity index (χ0n) is 13.0. The quantitative estimate of drug-likeness (QED) is 0.845. The second-order valence-corrected chi connectivity index (χ2v) is 5.33. The van der Waals surface area contributed by atoms with Gasteiger partial charge in [0.25, 0.3) is 11.8 Å². The summed E-state index contributed by atoms with van der Waals surface area (Å²) >= 11 is 0. The summed E-state index contributed by atoms with van der Waals surface area (Å²) in [4.78, 5) is 38.2. The van der Waals surface area contributed by atoms with Crippen molar-refractivity contribution in [2.75, 3.05) is 5.32 Å². The molecule has 0 fully saturated rings. The first-order valence-corrected chi connectivity index (χ1v) is 7.15. The van der Waals surface area contributed by atoms with Crippen LogP contribution in [-0.4, -0.2) is 38.4 Å². The van der Waals surface area contributed by atoms with E-state index in [-0.39, 0.29) is 22.5 Å². The largest absolute Gasteiger partial charge is 0.308 e. The third-order valence-electron chi connectivity index (χ3n) is 3.89. The van der Waals surface area contributed by atoms with Crippen LogP contribution in [0.15, 0.2) is 30.5 Å². The smallest absolute Gasteiger partial charge is 0.262 e. The van der Waals surface area contributed by atoms with Crippen LogP contribution in [0.1, 0.15) is 33.2 Å². The van der Waals surface area contributed by atoms with Gasteiger partial charge in [-0.15, -0.1) is 0 Å². The lowest BCUT2D eigenvalue weighted by Crippen LogP contribution is -2.45. The van der Waals surface area contributed by atoms with Gasteiger partial charge < -0.3 is 5.32 Å². The molecule has 0 saturated carbocycles. The van der Waals surface area contributed by atoms with E-state index in [1.807, 2.05) is 6.07 Å². The number of nitrogens with one attached hydrogen (secondary N) is 1. The first-order valence-electron chi connectivity index (χ1n) is 7.15. The Bertz CT molecular complexity index is 874. The maximum Gasteiger partial charge on any atom is 0.262 e. The highest BCUT2D eigenvalue weighted by molar-refractivity contribution is 6.23. The third-order valence-corrected chi connectivity index (χ3v) is 3.89. The summed E-state index contributed by atoms with van der Waals surface area (Å²) in [5.41, 5.74) is 0.751. The Hall–Kier alpha value is -3.47. The zero-order chi connectivity index (χ0) is 17.4. The van der Waals surface area contributed by atoms with Gasteiger partial charge in [0.1, 0.15) is 23.5 Å². The molecule has 2 heterocycles. The topological polar surface area (TPSA) is 108 Å². The van der Waals surface area contributed by atoms with E-state index in [9.17, 15) is 14.4 Å². The molecule has 1 aliphatic rings. The normalized spacial score (nSPS) is 14.3. The molecular formula is C16H13N5O3. The highest BCUT2D eigenvalue weighted by Crippen LogP contribution is 2.25. The lowest BCUT2D eigenvalue weighted by atomic mass is 10.1. The van der Waals surface area contributed by atoms with Crippen LogP contribution in [0.4, 0.5) is 5.82 Å². The SMILES string of the molecule is CC(C(=O)Nc1c(C#N)cnn1C)N1C(=O)c2ccccc2C1=O. The Morgan fingerprint density at radius 2 is 1.83 bits per heavy atom. The van der Waals surface area contributed by atoms with E-state index in [0.717, 1.165) is 4.90 Å². The predicted octanol–water partition coefficient (Wildman–Crippen LogP) is 0.915. The summed E-state index contributed by atoms with van der Waals surface area (Å²) in [5, 5.41) is 15.5. The molecule has 1 unspecified atom stereocenters. The maximum absolute atomic E-state index is 12.5. The summed E-state index contributed by atoms with van der Waals surface area (Å²) in [5.74, 6) is -1.39. The van der Waals surface area contributed by atoms with Gasteiger partial charge in [-0.2, -0.15) is 10.4 Å². The van der Waals surface area contributed by atoms with Gasteiger partial charge in [0, 0.05) is 7.05 Å². The molecule has 8 heteroatoms. The number of rotatable bonds is 3. The first-order chi connectivity index (χ1) is 11.5. The Morgan fingerprint density at radius 3 is 2.38 bits per heavy atom. The van der Waals surface area contributed by atoms with E-state index in [1.165, 1.54) is 17.8 Å². The summed E-state index contributed by atoms with van der Waals surface area (Å²) in [6.07, 6.45) is 1.32. The van der Waals surface area contributed by atoms with Crippen LogP contribution in [0.5, 0.6) is 0 Å². The van der Waals surface area contributed by atoms with Crippen LogP contribution >= 0.6 is 0 Å². The van der Waals surface area contributed by atoms with Crippen LogP contribution in [0, 0.1) is 11.3 Å². The van der Waals surface area contributed by atoms with Gasteiger partial charge in [-0.05, 0) is 19.1 Å². The molecule has 3 rings (SSSR count). The summed E-state index contributed by atoms with van der Waals surface area (Å²) in [6.45, 7) is 1.46. The van der Waals surface area contributed by atoms with E-state index < -0.39 is 23.8 Å². The second kappa shape index (κ2) is 5.62. The van der Waals surface area contributed by atoms with E-state index in [2.05, 4.69) is 10.4 Å². The number of carbonyl (C=O) groups is 3. The van der Waals surface area contributed by atoms with E-state index in [1.54, 1.807) is 31.3 Å². The molecule has 0 bridgehead atoms. The number of hydrogen-bond acceptors (Lipinski definition) is 5. The number of fused-ring (bicyclic) bond motifs is 1. The Labute approximate surface area is 137 Å². The predicted molar refractivity (Wildman–Crippen MR) is 83.0 cm³/mol. The van der Waals surface area contributed by atoms with Crippen LogP contribution in [-0.2, 0) is 11.8 Å². The molecule has 1 aromatic heterocycles. The third kappa shape index (κ3) is 2.23. The van der Waals surface area contributed by atoms with Gasteiger partial charge in [0.05, 0.1) is 17.3 Å². The molecule has 0 saturated heterocycles. The van der Waals surface area contributed by atoms with Gasteiger partial charge >= 0.3 is 0 Å². The monoisotopic (exact) mass is 323 g/mol. The standard InChI is InChI=1S/C16H13N5O3/c1-9(14(22)19-13-10(7-17)8-18-20(13)2)21-15(23)11-5-3-4-6-12(11)16(21)24/h3-6,8-9H,1-2H3,(H,19,22). The number of benzene rings is 1. The molecule has 1 aromatic carbocycles. The van der Waals surface area contributed by atoms with Crippen molar-refractivity contribution in [2.24, 2.45) is 7.05 Å². The summed E-state index contributed by atoms with van der Waals surface area (Å²) in [7, 11) is 1.57. The molecular weight excluding hydrogens is 310 g/mol. The Balaban J connectivity index is 1.85. The number of aryl methyl sites for hydroxylation is 1. The van der Waals surface area contributed by atoms with Gasteiger partial charge in [-0.3, -0.25) is 24.0 Å². The Kier molecular flexibility index (Phi) is 3.62. The van der Waals surface area contributed by atoms with Crippen molar-refractivity contribution in [1.82, 2.24) is 14.7 Å². The van der Waals surface area contributed by atoms with Crippen molar-refractivity contribution < 1.29 is 14.4 Å². The molecule has 2 aromatic rings. The lowest BCUT2D eigenvalue weighted by molar-refractivity contribution is -0.119. The highest BCUT2D eigenvalue weighted by Gasteiger charge is 2.40. The van der Waals surface area contributed by atoms with Gasteiger partial charge in [0.2, 0.25) is 5.91 Å². The highest BCUT2D eigenvalue weighted by atomic mass is 16.2. The molecule has 1 N–H and O–H groups in total. The fraction of sp³-hybridized carbons (Fsp3) is 0.188. The van der Waals surface area contributed by atoms with Crippen molar-refractivity contribution in [3.63, 3.8) is 0 Å². The average molecular weight is 323 g/mol. The number of amides is 3. The second-order valence-electron chi connectivity index (χ2n) is 5.33. The van der Waals surface area contributed by atoms with Gasteiger partial charge in [-0.1, -0.05) is 12.1 Å². The van der Waals surface area contributed by atoms with Crippen LogP contribution in [0.3, 0.4) is 0 Å². The number of nitrogens with zero attached hydrogens (tertiary/aromatic N) is 4. The number of hydrogen-bond donors (Lipinski definition) is 1. The zero-order valence-corrected chi connectivity index (χ0v) is 13.0. The molecule has 120 valence electrons. The molecule has 24 heavy (non-hydrogen) atoms. The van der Waals surface area contributed by atoms with Crippen molar-refractivity contribution >= 4 is 23.5 Å². The van der Waals surface area contributed by atoms with E-state index in [4.69, 9.17) is 5.26 Å². The van der Waals surface area contributed by atoms with Crippen LogP contribution in [0.25, 0.3) is 0 Å². The summed E-state index contributed by atoms with van der Waals surface area (Å²) < 4.78 is 1.34. The fourth-order valence-corrected chi connectivity index (χ4v) is 2.57. The maximum atomic E-state index is 12.5. The minimum absolute atomic E-state index is 0.195. The van der Waals surface area contributed by atoms with Gasteiger partial charge in [0.15, 0.2) is 0 Å². The van der Waals surface area contributed by atoms with E-state index in [0.29, 0.717) is 0 Å².